The average molecular weight is 421 g/mol. The van der Waals surface area contributed by atoms with Crippen molar-refractivity contribution in [2.24, 2.45) is 5.92 Å². The van der Waals surface area contributed by atoms with E-state index in [1.54, 1.807) is 11.3 Å². The molecule has 2 aromatic heterocycles. The first-order valence-corrected chi connectivity index (χ1v) is 12.0. The van der Waals surface area contributed by atoms with E-state index in [9.17, 15) is 9.59 Å². The van der Waals surface area contributed by atoms with E-state index in [0.29, 0.717) is 32.1 Å². The molecule has 2 aliphatic rings. The highest BCUT2D eigenvalue weighted by atomic mass is 32.1. The van der Waals surface area contributed by atoms with Gasteiger partial charge < -0.3 is 14.7 Å². The van der Waals surface area contributed by atoms with E-state index < -0.39 is 0 Å². The Morgan fingerprint density at radius 1 is 1.07 bits per heavy atom. The van der Waals surface area contributed by atoms with Crippen LogP contribution in [0.4, 0.5) is 5.13 Å². The van der Waals surface area contributed by atoms with Crippen molar-refractivity contribution in [3.05, 3.63) is 10.9 Å². The number of amides is 2. The first-order valence-electron chi connectivity index (χ1n) is 10.3. The second-order valence-corrected chi connectivity index (χ2v) is 9.59. The predicted octanol–water partition coefficient (Wildman–Crippen LogP) is 3.68. The molecule has 0 N–H and O–H groups in total. The third kappa shape index (κ3) is 3.76. The van der Waals surface area contributed by atoms with Gasteiger partial charge in [-0.15, -0.1) is 11.3 Å². The Morgan fingerprint density at radius 2 is 1.71 bits per heavy atom. The van der Waals surface area contributed by atoms with Crippen molar-refractivity contribution >= 4 is 49.1 Å². The summed E-state index contributed by atoms with van der Waals surface area (Å²) in [5.41, 5.74) is 0. The maximum absolute atomic E-state index is 12.9. The van der Waals surface area contributed by atoms with Crippen LogP contribution >= 0.6 is 22.7 Å². The lowest BCUT2D eigenvalue weighted by atomic mass is 10.1. The molecule has 0 aromatic carbocycles. The van der Waals surface area contributed by atoms with Crippen LogP contribution in [0, 0.1) is 5.92 Å². The van der Waals surface area contributed by atoms with E-state index in [1.807, 2.05) is 15.9 Å². The SMILES string of the molecule is CCN(CC)c1nc2sc(C(=O)N3CCN(C(=O)C4CCCC4)CC3)cc2s1. The molecule has 0 atom stereocenters. The fraction of sp³-hybridized carbons (Fsp3) is 0.650. The van der Waals surface area contributed by atoms with Crippen LogP contribution in [0.25, 0.3) is 9.53 Å². The van der Waals surface area contributed by atoms with Gasteiger partial charge in [-0.25, -0.2) is 4.98 Å². The van der Waals surface area contributed by atoms with E-state index in [1.165, 1.54) is 24.2 Å². The Labute approximate surface area is 174 Å². The van der Waals surface area contributed by atoms with Crippen molar-refractivity contribution in [2.45, 2.75) is 39.5 Å². The summed E-state index contributed by atoms with van der Waals surface area (Å²) in [6.45, 7) is 8.70. The number of carbonyl (C=O) groups is 2. The Kier molecular flexibility index (Phi) is 5.87. The summed E-state index contributed by atoms with van der Waals surface area (Å²) in [4.78, 5) is 38.0. The summed E-state index contributed by atoms with van der Waals surface area (Å²) >= 11 is 3.15. The van der Waals surface area contributed by atoms with E-state index in [0.717, 1.165) is 45.5 Å². The van der Waals surface area contributed by atoms with Crippen LogP contribution in [-0.2, 0) is 4.79 Å². The molecule has 3 heterocycles. The van der Waals surface area contributed by atoms with Crippen molar-refractivity contribution < 1.29 is 9.59 Å². The topological polar surface area (TPSA) is 56.8 Å². The molecular weight excluding hydrogens is 392 g/mol. The fourth-order valence-electron chi connectivity index (χ4n) is 4.18. The Balaban J connectivity index is 1.38. The van der Waals surface area contributed by atoms with Crippen LogP contribution in [0.1, 0.15) is 49.2 Å². The highest BCUT2D eigenvalue weighted by molar-refractivity contribution is 7.29. The van der Waals surface area contributed by atoms with Crippen LogP contribution in [0.3, 0.4) is 0 Å². The number of rotatable bonds is 5. The van der Waals surface area contributed by atoms with Crippen molar-refractivity contribution in [3.8, 4) is 0 Å². The van der Waals surface area contributed by atoms with E-state index in [4.69, 9.17) is 4.98 Å². The normalized spacial score (nSPS) is 18.2. The van der Waals surface area contributed by atoms with Crippen LogP contribution in [-0.4, -0.2) is 65.9 Å². The zero-order valence-corrected chi connectivity index (χ0v) is 18.3. The largest absolute Gasteiger partial charge is 0.349 e. The summed E-state index contributed by atoms with van der Waals surface area (Å²) < 4.78 is 1.09. The first-order chi connectivity index (χ1) is 13.6. The summed E-state index contributed by atoms with van der Waals surface area (Å²) in [7, 11) is 0. The number of carbonyl (C=O) groups excluding carboxylic acids is 2. The number of hydrogen-bond donors (Lipinski definition) is 0. The van der Waals surface area contributed by atoms with Gasteiger partial charge in [0.15, 0.2) is 5.13 Å². The smallest absolute Gasteiger partial charge is 0.264 e. The zero-order chi connectivity index (χ0) is 19.7. The van der Waals surface area contributed by atoms with Crippen LogP contribution in [0.2, 0.25) is 0 Å². The maximum Gasteiger partial charge on any atom is 0.264 e. The number of nitrogens with zero attached hydrogens (tertiary/aromatic N) is 4. The third-order valence-electron chi connectivity index (χ3n) is 5.91. The molecule has 2 fully saturated rings. The van der Waals surface area contributed by atoms with Crippen LogP contribution < -0.4 is 4.90 Å². The molecular formula is C20H28N4O2S2. The Morgan fingerprint density at radius 3 is 2.32 bits per heavy atom. The third-order valence-corrected chi connectivity index (χ3v) is 8.12. The molecule has 0 bridgehead atoms. The van der Waals surface area contributed by atoms with Gasteiger partial charge in [0.25, 0.3) is 5.91 Å². The molecule has 28 heavy (non-hydrogen) atoms. The predicted molar refractivity (Wildman–Crippen MR) is 115 cm³/mol. The minimum Gasteiger partial charge on any atom is -0.349 e. The second kappa shape index (κ2) is 8.37. The molecule has 0 unspecified atom stereocenters. The molecule has 1 aliphatic carbocycles. The molecule has 152 valence electrons. The first kappa shape index (κ1) is 19.6. The molecule has 0 radical (unpaired) electrons. The highest BCUT2D eigenvalue weighted by Crippen LogP contribution is 2.35. The van der Waals surface area contributed by atoms with Gasteiger partial charge in [0, 0.05) is 45.2 Å². The average Bonchev–Trinajstić information content (AvgIpc) is 3.44. The molecule has 2 aromatic rings. The van der Waals surface area contributed by atoms with Gasteiger partial charge in [-0.2, -0.15) is 0 Å². The van der Waals surface area contributed by atoms with Gasteiger partial charge in [0.2, 0.25) is 5.91 Å². The lowest BCUT2D eigenvalue weighted by Gasteiger charge is -2.35. The number of anilines is 1. The fourth-order valence-corrected chi connectivity index (χ4v) is 6.48. The standard InChI is InChI=1S/C20H28N4O2S2/c1-3-22(4-2)20-21-17-15(28-20)13-16(27-17)19(26)24-11-9-23(10-12-24)18(25)14-7-5-6-8-14/h13-14H,3-12H2,1-2H3. The van der Waals surface area contributed by atoms with Crippen molar-refractivity contribution in [1.29, 1.82) is 0 Å². The molecule has 0 spiro atoms. The zero-order valence-electron chi connectivity index (χ0n) is 16.6. The van der Waals surface area contributed by atoms with Gasteiger partial charge in [0.05, 0.1) is 9.58 Å². The van der Waals surface area contributed by atoms with Gasteiger partial charge in [-0.3, -0.25) is 9.59 Å². The number of thiazole rings is 1. The monoisotopic (exact) mass is 420 g/mol. The Bertz CT molecular complexity index is 812. The lowest BCUT2D eigenvalue weighted by molar-refractivity contribution is -0.136. The van der Waals surface area contributed by atoms with Crippen molar-refractivity contribution in [1.82, 2.24) is 14.8 Å². The van der Waals surface area contributed by atoms with Gasteiger partial charge in [-0.05, 0) is 32.8 Å². The number of thiophene rings is 1. The summed E-state index contributed by atoms with van der Waals surface area (Å²) in [6, 6.07) is 1.99. The highest BCUT2D eigenvalue weighted by Gasteiger charge is 2.31. The van der Waals surface area contributed by atoms with Crippen LogP contribution in [0.5, 0.6) is 0 Å². The van der Waals surface area contributed by atoms with Crippen molar-refractivity contribution in [2.75, 3.05) is 44.2 Å². The second-order valence-electron chi connectivity index (χ2n) is 7.55. The molecule has 6 nitrogen and oxygen atoms in total. The number of aromatic nitrogens is 1. The van der Waals surface area contributed by atoms with Gasteiger partial charge in [-0.1, -0.05) is 24.2 Å². The Hall–Kier alpha value is -1.67. The molecule has 2 amide bonds. The van der Waals surface area contributed by atoms with Gasteiger partial charge >= 0.3 is 0 Å². The molecule has 1 saturated heterocycles. The van der Waals surface area contributed by atoms with Crippen LogP contribution in [0.15, 0.2) is 6.07 Å². The minimum atomic E-state index is 0.0764. The van der Waals surface area contributed by atoms with E-state index in [2.05, 4.69) is 18.7 Å². The number of hydrogen-bond acceptors (Lipinski definition) is 6. The maximum atomic E-state index is 12.9. The molecule has 1 saturated carbocycles. The van der Waals surface area contributed by atoms with E-state index >= 15 is 0 Å². The summed E-state index contributed by atoms with van der Waals surface area (Å²) in [5, 5.41) is 1.03. The van der Waals surface area contributed by atoms with Gasteiger partial charge in [0.1, 0.15) is 4.83 Å². The summed E-state index contributed by atoms with van der Waals surface area (Å²) in [6.07, 6.45) is 4.42. The molecule has 8 heteroatoms. The minimum absolute atomic E-state index is 0.0764. The molecule has 1 aliphatic heterocycles. The number of fused-ring (bicyclic) bond motifs is 1. The van der Waals surface area contributed by atoms with E-state index in [-0.39, 0.29) is 11.8 Å². The lowest BCUT2D eigenvalue weighted by Crippen LogP contribution is -2.51. The molecule has 4 rings (SSSR count). The summed E-state index contributed by atoms with van der Waals surface area (Å²) in [5.74, 6) is 0.597. The van der Waals surface area contributed by atoms with Crippen molar-refractivity contribution in [3.63, 3.8) is 0 Å². The quantitative estimate of drug-likeness (QED) is 0.740. The number of piperazine rings is 1.